The summed E-state index contributed by atoms with van der Waals surface area (Å²) in [4.78, 5) is 13.1. The van der Waals surface area contributed by atoms with Crippen molar-refractivity contribution in [3.8, 4) is 22.5 Å². The van der Waals surface area contributed by atoms with Crippen LogP contribution in [0.4, 0.5) is 0 Å². The van der Waals surface area contributed by atoms with Crippen molar-refractivity contribution < 1.29 is 0 Å². The summed E-state index contributed by atoms with van der Waals surface area (Å²) in [5.74, 6) is 0. The van der Waals surface area contributed by atoms with Crippen LogP contribution < -0.4 is 0 Å². The van der Waals surface area contributed by atoms with Crippen LogP contribution >= 0.6 is 0 Å². The van der Waals surface area contributed by atoms with E-state index in [1.807, 2.05) is 55.6 Å². The van der Waals surface area contributed by atoms with Gasteiger partial charge in [0.25, 0.3) is 0 Å². The Labute approximate surface area is 112 Å². The molecule has 0 amide bonds. The molecule has 0 aliphatic heterocycles. The maximum absolute atomic E-state index is 4.69. The zero-order valence-corrected chi connectivity index (χ0v) is 10.6. The molecule has 3 rings (SSSR count). The molecule has 0 fully saturated rings. The van der Waals surface area contributed by atoms with Crippen LogP contribution in [0.25, 0.3) is 22.5 Å². The smallest absolute Gasteiger partial charge is 0.0727 e. The Kier molecular flexibility index (Phi) is 3.02. The number of nitrogens with zero attached hydrogens (tertiary/aromatic N) is 3. The SMILES string of the molecule is Cc1ncccc1-c1cccc(-c2cccnc2)n1. The lowest BCUT2D eigenvalue weighted by Crippen LogP contribution is -1.91. The van der Waals surface area contributed by atoms with E-state index in [-0.39, 0.29) is 0 Å². The average Bonchev–Trinajstić information content (AvgIpc) is 2.49. The quantitative estimate of drug-likeness (QED) is 0.695. The maximum Gasteiger partial charge on any atom is 0.0727 e. The van der Waals surface area contributed by atoms with Crippen molar-refractivity contribution in [3.63, 3.8) is 0 Å². The van der Waals surface area contributed by atoms with Gasteiger partial charge in [-0.1, -0.05) is 6.07 Å². The van der Waals surface area contributed by atoms with Gasteiger partial charge in [0, 0.05) is 35.4 Å². The second kappa shape index (κ2) is 4.98. The van der Waals surface area contributed by atoms with Gasteiger partial charge < -0.3 is 0 Å². The molecule has 3 aromatic rings. The lowest BCUT2D eigenvalue weighted by atomic mass is 10.1. The molecule has 0 bridgehead atoms. The second-order valence-electron chi connectivity index (χ2n) is 4.29. The van der Waals surface area contributed by atoms with Crippen molar-refractivity contribution in [1.29, 1.82) is 0 Å². The van der Waals surface area contributed by atoms with Gasteiger partial charge in [-0.2, -0.15) is 0 Å². The number of aryl methyl sites for hydroxylation is 1. The van der Waals surface area contributed by atoms with Gasteiger partial charge >= 0.3 is 0 Å². The van der Waals surface area contributed by atoms with Crippen LogP contribution in [0.2, 0.25) is 0 Å². The predicted molar refractivity (Wildman–Crippen MR) is 75.4 cm³/mol. The number of pyridine rings is 3. The highest BCUT2D eigenvalue weighted by molar-refractivity contribution is 5.66. The number of hydrogen-bond acceptors (Lipinski definition) is 3. The average molecular weight is 247 g/mol. The van der Waals surface area contributed by atoms with E-state index in [9.17, 15) is 0 Å². The number of hydrogen-bond donors (Lipinski definition) is 0. The van der Waals surface area contributed by atoms with Gasteiger partial charge in [0.1, 0.15) is 0 Å². The van der Waals surface area contributed by atoms with E-state index in [0.29, 0.717) is 0 Å². The summed E-state index contributed by atoms with van der Waals surface area (Å²) in [7, 11) is 0. The van der Waals surface area contributed by atoms with Gasteiger partial charge in [0.2, 0.25) is 0 Å². The van der Waals surface area contributed by atoms with E-state index in [1.165, 1.54) is 0 Å². The van der Waals surface area contributed by atoms with Crippen LogP contribution in [0.15, 0.2) is 61.1 Å². The van der Waals surface area contributed by atoms with Gasteiger partial charge in [-0.25, -0.2) is 4.98 Å². The van der Waals surface area contributed by atoms with Gasteiger partial charge in [-0.05, 0) is 43.3 Å². The van der Waals surface area contributed by atoms with Crippen molar-refractivity contribution in [3.05, 3.63) is 66.7 Å². The normalized spacial score (nSPS) is 10.4. The summed E-state index contributed by atoms with van der Waals surface area (Å²) in [5.41, 5.74) is 4.93. The lowest BCUT2D eigenvalue weighted by Gasteiger charge is -2.06. The molecule has 0 spiro atoms. The molecular formula is C16H13N3. The summed E-state index contributed by atoms with van der Waals surface area (Å²) in [5, 5.41) is 0. The standard InChI is InChI=1S/C16H13N3/c1-12-14(6-4-10-18-12)16-8-2-7-15(19-16)13-5-3-9-17-11-13/h2-11H,1H3. The van der Waals surface area contributed by atoms with Crippen LogP contribution in [0.3, 0.4) is 0 Å². The summed E-state index contributed by atoms with van der Waals surface area (Å²) in [6, 6.07) is 13.9. The van der Waals surface area contributed by atoms with E-state index in [4.69, 9.17) is 4.98 Å². The highest BCUT2D eigenvalue weighted by atomic mass is 14.7. The topological polar surface area (TPSA) is 38.7 Å². The summed E-state index contributed by atoms with van der Waals surface area (Å²) in [6.07, 6.45) is 5.38. The first-order chi connectivity index (χ1) is 9.34. The molecule has 0 aliphatic carbocycles. The minimum absolute atomic E-state index is 0.925. The third kappa shape index (κ3) is 2.36. The molecule has 19 heavy (non-hydrogen) atoms. The second-order valence-corrected chi connectivity index (χ2v) is 4.29. The highest BCUT2D eigenvalue weighted by Crippen LogP contribution is 2.23. The Balaban J connectivity index is 2.09. The first-order valence-corrected chi connectivity index (χ1v) is 6.14. The van der Waals surface area contributed by atoms with Gasteiger partial charge in [-0.3, -0.25) is 9.97 Å². The monoisotopic (exact) mass is 247 g/mol. The van der Waals surface area contributed by atoms with Crippen molar-refractivity contribution in [1.82, 2.24) is 15.0 Å². The maximum atomic E-state index is 4.69. The summed E-state index contributed by atoms with van der Waals surface area (Å²) < 4.78 is 0. The largest absolute Gasteiger partial charge is 0.264 e. The molecule has 0 unspecified atom stereocenters. The van der Waals surface area contributed by atoms with Crippen molar-refractivity contribution in [2.45, 2.75) is 6.92 Å². The molecule has 92 valence electrons. The minimum atomic E-state index is 0.925. The van der Waals surface area contributed by atoms with E-state index in [2.05, 4.69) is 9.97 Å². The molecule has 0 aromatic carbocycles. The molecule has 3 heterocycles. The Hall–Kier alpha value is -2.55. The Morgan fingerprint density at radius 2 is 1.68 bits per heavy atom. The summed E-state index contributed by atoms with van der Waals surface area (Å²) in [6.45, 7) is 1.99. The van der Waals surface area contributed by atoms with Crippen molar-refractivity contribution in [2.75, 3.05) is 0 Å². The molecular weight excluding hydrogens is 234 g/mol. The van der Waals surface area contributed by atoms with E-state index < -0.39 is 0 Å². The number of rotatable bonds is 2. The Morgan fingerprint density at radius 1 is 0.842 bits per heavy atom. The third-order valence-corrected chi connectivity index (χ3v) is 2.99. The molecule has 0 atom stereocenters. The van der Waals surface area contributed by atoms with E-state index >= 15 is 0 Å². The fourth-order valence-corrected chi connectivity index (χ4v) is 2.01. The van der Waals surface area contributed by atoms with Crippen LogP contribution in [0.1, 0.15) is 5.69 Å². The van der Waals surface area contributed by atoms with Gasteiger partial charge in [0.15, 0.2) is 0 Å². The minimum Gasteiger partial charge on any atom is -0.264 e. The van der Waals surface area contributed by atoms with Gasteiger partial charge in [-0.15, -0.1) is 0 Å². The molecule has 3 nitrogen and oxygen atoms in total. The molecule has 0 aliphatic rings. The Bertz CT molecular complexity index is 693. The first kappa shape index (κ1) is 11.5. The molecule has 0 radical (unpaired) electrons. The third-order valence-electron chi connectivity index (χ3n) is 2.99. The molecule has 0 saturated heterocycles. The van der Waals surface area contributed by atoms with Crippen LogP contribution in [0.5, 0.6) is 0 Å². The zero-order valence-electron chi connectivity index (χ0n) is 10.6. The first-order valence-electron chi connectivity index (χ1n) is 6.14. The molecule has 0 saturated carbocycles. The van der Waals surface area contributed by atoms with E-state index in [1.54, 1.807) is 12.4 Å². The van der Waals surface area contributed by atoms with Crippen LogP contribution in [-0.2, 0) is 0 Å². The van der Waals surface area contributed by atoms with Crippen molar-refractivity contribution in [2.24, 2.45) is 0 Å². The fourth-order valence-electron chi connectivity index (χ4n) is 2.01. The van der Waals surface area contributed by atoms with Crippen LogP contribution in [0, 0.1) is 6.92 Å². The van der Waals surface area contributed by atoms with E-state index in [0.717, 1.165) is 28.2 Å². The molecule has 3 heteroatoms. The van der Waals surface area contributed by atoms with Crippen molar-refractivity contribution >= 4 is 0 Å². The van der Waals surface area contributed by atoms with Gasteiger partial charge in [0.05, 0.1) is 11.4 Å². The predicted octanol–water partition coefficient (Wildman–Crippen LogP) is 3.51. The highest BCUT2D eigenvalue weighted by Gasteiger charge is 2.05. The number of aromatic nitrogens is 3. The lowest BCUT2D eigenvalue weighted by molar-refractivity contribution is 1.18. The van der Waals surface area contributed by atoms with Crippen LogP contribution in [-0.4, -0.2) is 15.0 Å². The summed E-state index contributed by atoms with van der Waals surface area (Å²) >= 11 is 0. The molecule has 3 aromatic heterocycles. The Morgan fingerprint density at radius 3 is 2.47 bits per heavy atom. The fraction of sp³-hybridized carbons (Fsp3) is 0.0625. The molecule has 0 N–H and O–H groups in total. The zero-order chi connectivity index (χ0) is 13.1.